The van der Waals surface area contributed by atoms with Gasteiger partial charge in [-0.05, 0) is 24.0 Å². The van der Waals surface area contributed by atoms with E-state index in [1.54, 1.807) is 0 Å². The van der Waals surface area contributed by atoms with Crippen LogP contribution in [-0.4, -0.2) is 18.5 Å². The summed E-state index contributed by atoms with van der Waals surface area (Å²) in [5, 5.41) is 2.85. The van der Waals surface area contributed by atoms with Gasteiger partial charge in [-0.2, -0.15) is 0 Å². The quantitative estimate of drug-likeness (QED) is 0.841. The van der Waals surface area contributed by atoms with E-state index >= 15 is 0 Å². The number of amides is 1. The van der Waals surface area contributed by atoms with Gasteiger partial charge in [-0.1, -0.05) is 39.0 Å². The van der Waals surface area contributed by atoms with Crippen LogP contribution in [-0.2, 0) is 5.41 Å². The number of nitrogens with two attached hydrogens (primary N) is 1. The van der Waals surface area contributed by atoms with Crippen molar-refractivity contribution in [2.24, 2.45) is 5.73 Å². The smallest absolute Gasteiger partial charge is 0.251 e. The Morgan fingerprint density at radius 2 is 1.94 bits per heavy atom. The largest absolute Gasteiger partial charge is 0.350 e. The third kappa shape index (κ3) is 3.86. The summed E-state index contributed by atoms with van der Waals surface area (Å²) >= 11 is 0. The van der Waals surface area contributed by atoms with E-state index in [1.807, 2.05) is 31.2 Å². The fourth-order valence-corrected chi connectivity index (χ4v) is 1.68. The zero-order valence-electron chi connectivity index (χ0n) is 11.1. The number of rotatable bonds is 3. The first-order valence-corrected chi connectivity index (χ1v) is 5.95. The molecule has 0 saturated heterocycles. The van der Waals surface area contributed by atoms with Crippen LogP contribution in [0.15, 0.2) is 24.3 Å². The summed E-state index contributed by atoms with van der Waals surface area (Å²) in [6.07, 6.45) is 0. The maximum atomic E-state index is 12.0. The Labute approximate surface area is 103 Å². The van der Waals surface area contributed by atoms with Crippen LogP contribution in [0.25, 0.3) is 0 Å². The van der Waals surface area contributed by atoms with Gasteiger partial charge in [0.1, 0.15) is 0 Å². The summed E-state index contributed by atoms with van der Waals surface area (Å²) in [6, 6.07) is 7.68. The minimum atomic E-state index is -0.0483. The third-order valence-corrected chi connectivity index (χ3v) is 2.56. The van der Waals surface area contributed by atoms with E-state index in [4.69, 9.17) is 5.73 Å². The first kappa shape index (κ1) is 13.7. The third-order valence-electron chi connectivity index (χ3n) is 2.56. The molecule has 0 aliphatic carbocycles. The molecule has 0 aromatic heterocycles. The molecule has 0 spiro atoms. The summed E-state index contributed by atoms with van der Waals surface area (Å²) in [5.74, 6) is -0.0483. The van der Waals surface area contributed by atoms with Crippen molar-refractivity contribution in [3.05, 3.63) is 35.4 Å². The fraction of sp³-hybridized carbons (Fsp3) is 0.500. The maximum Gasteiger partial charge on any atom is 0.251 e. The Hall–Kier alpha value is -1.35. The predicted octanol–water partition coefficient (Wildman–Crippen LogP) is 2.06. The number of nitrogens with one attached hydrogen (secondary N) is 1. The zero-order chi connectivity index (χ0) is 13.1. The Morgan fingerprint density at radius 3 is 2.47 bits per heavy atom. The molecule has 0 aliphatic rings. The van der Waals surface area contributed by atoms with E-state index in [9.17, 15) is 4.79 Å². The first-order chi connectivity index (χ1) is 7.82. The van der Waals surface area contributed by atoms with Gasteiger partial charge in [0.15, 0.2) is 0 Å². The molecule has 1 rings (SSSR count). The van der Waals surface area contributed by atoms with Gasteiger partial charge in [-0.3, -0.25) is 4.79 Å². The Kier molecular flexibility index (Phi) is 4.29. The molecule has 0 heterocycles. The van der Waals surface area contributed by atoms with Gasteiger partial charge in [0, 0.05) is 18.2 Å². The van der Waals surface area contributed by atoms with Crippen LogP contribution in [0.1, 0.15) is 43.6 Å². The van der Waals surface area contributed by atoms with Crippen molar-refractivity contribution in [1.82, 2.24) is 5.32 Å². The van der Waals surface area contributed by atoms with E-state index in [-0.39, 0.29) is 17.4 Å². The molecular formula is C14H22N2O. The maximum absolute atomic E-state index is 12.0. The lowest BCUT2D eigenvalue weighted by molar-refractivity contribution is 0.0949. The minimum Gasteiger partial charge on any atom is -0.350 e. The van der Waals surface area contributed by atoms with Crippen LogP contribution in [0.2, 0.25) is 0 Å². The molecule has 94 valence electrons. The van der Waals surface area contributed by atoms with Gasteiger partial charge in [-0.25, -0.2) is 0 Å². The van der Waals surface area contributed by atoms with Gasteiger partial charge in [0.05, 0.1) is 0 Å². The molecule has 0 aliphatic heterocycles. The summed E-state index contributed by atoms with van der Waals surface area (Å²) in [6.45, 7) is 8.67. The van der Waals surface area contributed by atoms with Crippen LogP contribution in [0.3, 0.4) is 0 Å². The van der Waals surface area contributed by atoms with E-state index in [2.05, 4.69) is 26.1 Å². The van der Waals surface area contributed by atoms with E-state index in [1.165, 1.54) is 0 Å². The van der Waals surface area contributed by atoms with Crippen molar-refractivity contribution in [2.45, 2.75) is 39.2 Å². The monoisotopic (exact) mass is 234 g/mol. The van der Waals surface area contributed by atoms with Crippen LogP contribution in [0, 0.1) is 0 Å². The van der Waals surface area contributed by atoms with E-state index in [0.717, 1.165) is 11.1 Å². The van der Waals surface area contributed by atoms with Crippen molar-refractivity contribution in [2.75, 3.05) is 6.54 Å². The molecule has 0 fully saturated rings. The van der Waals surface area contributed by atoms with Gasteiger partial charge in [0.25, 0.3) is 5.91 Å². The van der Waals surface area contributed by atoms with Gasteiger partial charge in [-0.15, -0.1) is 0 Å². The number of hydrogen-bond donors (Lipinski definition) is 2. The molecule has 3 heteroatoms. The average Bonchev–Trinajstić information content (AvgIpc) is 2.24. The lowest BCUT2D eigenvalue weighted by Crippen LogP contribution is -2.36. The van der Waals surface area contributed by atoms with Crippen molar-refractivity contribution in [3.8, 4) is 0 Å². The molecule has 1 atom stereocenters. The number of hydrogen-bond acceptors (Lipinski definition) is 2. The van der Waals surface area contributed by atoms with Crippen LogP contribution >= 0.6 is 0 Å². The Balaban J connectivity index is 2.94. The molecular weight excluding hydrogens is 212 g/mol. The van der Waals surface area contributed by atoms with Crippen molar-refractivity contribution < 1.29 is 4.79 Å². The molecule has 0 saturated carbocycles. The lowest BCUT2D eigenvalue weighted by atomic mass is 9.83. The minimum absolute atomic E-state index is 0.0271. The number of carbonyl (C=O) groups is 1. The van der Waals surface area contributed by atoms with E-state index < -0.39 is 0 Å². The highest BCUT2D eigenvalue weighted by molar-refractivity contribution is 5.96. The van der Waals surface area contributed by atoms with Crippen molar-refractivity contribution in [3.63, 3.8) is 0 Å². The fourth-order valence-electron chi connectivity index (χ4n) is 1.68. The van der Waals surface area contributed by atoms with Crippen molar-refractivity contribution in [1.29, 1.82) is 0 Å². The molecule has 1 amide bonds. The lowest BCUT2D eigenvalue weighted by Gasteiger charge is -2.22. The summed E-state index contributed by atoms with van der Waals surface area (Å²) < 4.78 is 0. The van der Waals surface area contributed by atoms with Gasteiger partial charge < -0.3 is 11.1 Å². The number of benzene rings is 1. The topological polar surface area (TPSA) is 55.1 Å². The zero-order valence-corrected chi connectivity index (χ0v) is 11.1. The number of carbonyl (C=O) groups excluding carboxylic acids is 1. The van der Waals surface area contributed by atoms with Gasteiger partial charge >= 0.3 is 0 Å². The molecule has 1 aromatic carbocycles. The second-order valence-electron chi connectivity index (χ2n) is 5.48. The van der Waals surface area contributed by atoms with Crippen LogP contribution < -0.4 is 11.1 Å². The average molecular weight is 234 g/mol. The van der Waals surface area contributed by atoms with Crippen LogP contribution in [0.4, 0.5) is 0 Å². The summed E-state index contributed by atoms with van der Waals surface area (Å²) in [5.41, 5.74) is 7.38. The standard InChI is InChI=1S/C14H22N2O/c1-10(15)9-16-13(17)11-7-5-6-8-12(11)14(2,3)4/h5-8,10H,9,15H2,1-4H3,(H,16,17). The summed E-state index contributed by atoms with van der Waals surface area (Å²) in [4.78, 5) is 12.0. The molecule has 17 heavy (non-hydrogen) atoms. The highest BCUT2D eigenvalue weighted by Crippen LogP contribution is 2.25. The summed E-state index contributed by atoms with van der Waals surface area (Å²) in [7, 11) is 0. The normalized spacial score (nSPS) is 13.2. The molecule has 1 aromatic rings. The molecule has 3 N–H and O–H groups in total. The Morgan fingerprint density at radius 1 is 1.35 bits per heavy atom. The molecule has 0 radical (unpaired) electrons. The SMILES string of the molecule is CC(N)CNC(=O)c1ccccc1C(C)(C)C. The second kappa shape index (κ2) is 5.32. The molecule has 3 nitrogen and oxygen atoms in total. The predicted molar refractivity (Wildman–Crippen MR) is 71.1 cm³/mol. The second-order valence-corrected chi connectivity index (χ2v) is 5.48. The first-order valence-electron chi connectivity index (χ1n) is 5.95. The molecule has 1 unspecified atom stereocenters. The van der Waals surface area contributed by atoms with Crippen LogP contribution in [0.5, 0.6) is 0 Å². The van der Waals surface area contributed by atoms with Crippen molar-refractivity contribution >= 4 is 5.91 Å². The molecule has 0 bridgehead atoms. The van der Waals surface area contributed by atoms with Gasteiger partial charge in [0.2, 0.25) is 0 Å². The highest BCUT2D eigenvalue weighted by atomic mass is 16.1. The highest BCUT2D eigenvalue weighted by Gasteiger charge is 2.20. The Bertz CT molecular complexity index is 391. The van der Waals surface area contributed by atoms with E-state index in [0.29, 0.717) is 6.54 Å².